The average Bonchev–Trinajstić information content (AvgIpc) is 2.59. The van der Waals surface area contributed by atoms with E-state index in [1.54, 1.807) is 12.3 Å². The summed E-state index contributed by atoms with van der Waals surface area (Å²) in [5.41, 5.74) is 7.59. The predicted molar refractivity (Wildman–Crippen MR) is 108 cm³/mol. The minimum atomic E-state index is -0.576. The molecule has 6 nitrogen and oxygen atoms in total. The van der Waals surface area contributed by atoms with Gasteiger partial charge in [-0.25, -0.2) is 9.78 Å². The van der Waals surface area contributed by atoms with Crippen LogP contribution in [0.25, 0.3) is 11.1 Å². The number of anilines is 1. The third-order valence-corrected chi connectivity index (χ3v) is 4.17. The van der Waals surface area contributed by atoms with Gasteiger partial charge in [0.1, 0.15) is 18.2 Å². The summed E-state index contributed by atoms with van der Waals surface area (Å²) in [7, 11) is 1.30. The molecule has 1 heterocycles. The summed E-state index contributed by atoms with van der Waals surface area (Å²) in [6.07, 6.45) is 1.88. The molecule has 1 atom stereocenters. The van der Waals surface area contributed by atoms with Gasteiger partial charge in [0.2, 0.25) is 0 Å². The number of halogens is 1. The number of pyridine rings is 1. The highest BCUT2D eigenvalue weighted by molar-refractivity contribution is 6.32. The lowest BCUT2D eigenvalue weighted by Gasteiger charge is -2.26. The molecular weight excluding hydrogens is 366 g/mol. The van der Waals surface area contributed by atoms with Crippen LogP contribution in [0, 0.1) is 5.92 Å². The van der Waals surface area contributed by atoms with Crippen molar-refractivity contribution < 1.29 is 14.3 Å². The van der Waals surface area contributed by atoms with Crippen LogP contribution in [0.2, 0.25) is 5.02 Å². The van der Waals surface area contributed by atoms with Crippen LogP contribution in [0.15, 0.2) is 36.5 Å². The van der Waals surface area contributed by atoms with E-state index < -0.39 is 11.6 Å². The number of amides is 1. The molecule has 146 valence electrons. The first-order valence-electron chi connectivity index (χ1n) is 8.73. The highest BCUT2D eigenvalue weighted by atomic mass is 35.5. The maximum Gasteiger partial charge on any atom is 0.412 e. The Kier molecular flexibility index (Phi) is 7.05. The maximum atomic E-state index is 11.3. The Hall–Kier alpha value is -2.31. The van der Waals surface area contributed by atoms with Gasteiger partial charge in [-0.1, -0.05) is 31.5 Å². The SMILES string of the molecule is COC(=O)Nc1cc(-c2ccc(OC[C@@](C)(N)CC(C)C)c(Cl)c2)ccn1. The second-order valence-corrected chi connectivity index (χ2v) is 7.64. The molecule has 2 rings (SSSR count). The fourth-order valence-electron chi connectivity index (χ4n) is 2.87. The van der Waals surface area contributed by atoms with E-state index in [9.17, 15) is 4.79 Å². The Morgan fingerprint density at radius 2 is 2.00 bits per heavy atom. The van der Waals surface area contributed by atoms with Crippen molar-refractivity contribution in [3.05, 3.63) is 41.6 Å². The molecule has 27 heavy (non-hydrogen) atoms. The van der Waals surface area contributed by atoms with E-state index in [0.717, 1.165) is 17.5 Å². The highest BCUT2D eigenvalue weighted by Crippen LogP contribution is 2.31. The first-order valence-corrected chi connectivity index (χ1v) is 9.10. The molecule has 2 aromatic rings. The molecule has 0 spiro atoms. The molecule has 0 aliphatic rings. The average molecular weight is 392 g/mol. The molecule has 0 saturated carbocycles. The van der Waals surface area contributed by atoms with Crippen molar-refractivity contribution in [3.8, 4) is 16.9 Å². The van der Waals surface area contributed by atoms with Crippen molar-refractivity contribution >= 4 is 23.5 Å². The van der Waals surface area contributed by atoms with Gasteiger partial charge in [-0.05, 0) is 54.7 Å². The Morgan fingerprint density at radius 1 is 1.30 bits per heavy atom. The minimum absolute atomic E-state index is 0.382. The highest BCUT2D eigenvalue weighted by Gasteiger charge is 2.21. The monoisotopic (exact) mass is 391 g/mol. The summed E-state index contributed by atoms with van der Waals surface area (Å²) < 4.78 is 10.4. The predicted octanol–water partition coefficient (Wildman–Crippen LogP) is 4.72. The van der Waals surface area contributed by atoms with Gasteiger partial charge in [0.05, 0.1) is 12.1 Å². The lowest BCUT2D eigenvalue weighted by atomic mass is 9.93. The summed E-state index contributed by atoms with van der Waals surface area (Å²) in [6.45, 7) is 6.62. The zero-order valence-corrected chi connectivity index (χ0v) is 16.8. The van der Waals surface area contributed by atoms with Crippen molar-refractivity contribution in [3.63, 3.8) is 0 Å². The van der Waals surface area contributed by atoms with E-state index in [4.69, 9.17) is 22.1 Å². The third-order valence-electron chi connectivity index (χ3n) is 3.87. The van der Waals surface area contributed by atoms with Crippen molar-refractivity contribution in [1.29, 1.82) is 0 Å². The number of nitrogens with two attached hydrogens (primary N) is 1. The molecule has 0 saturated heterocycles. The third kappa shape index (κ3) is 6.41. The van der Waals surface area contributed by atoms with E-state index in [1.807, 2.05) is 31.2 Å². The van der Waals surface area contributed by atoms with Crippen molar-refractivity contribution in [2.45, 2.75) is 32.7 Å². The van der Waals surface area contributed by atoms with Crippen molar-refractivity contribution in [1.82, 2.24) is 4.98 Å². The zero-order valence-electron chi connectivity index (χ0n) is 16.1. The number of carbonyl (C=O) groups excluding carboxylic acids is 1. The normalized spacial score (nSPS) is 13.1. The molecule has 0 aliphatic heterocycles. The molecule has 1 aromatic carbocycles. The molecule has 0 bridgehead atoms. The van der Waals surface area contributed by atoms with Crippen LogP contribution in [-0.2, 0) is 4.74 Å². The van der Waals surface area contributed by atoms with Crippen LogP contribution < -0.4 is 15.8 Å². The van der Waals surface area contributed by atoms with Crippen molar-refractivity contribution in [2.24, 2.45) is 11.7 Å². The molecular formula is C20H26ClN3O3. The standard InChI is InChI=1S/C20H26ClN3O3/c1-13(2)11-20(3,22)12-27-17-6-5-14(9-16(17)21)15-7-8-23-18(10-15)24-19(25)26-4/h5-10,13H,11-12,22H2,1-4H3,(H,23,24,25)/t20-/m0/s1. The number of rotatable bonds is 7. The summed E-state index contributed by atoms with van der Waals surface area (Å²) in [4.78, 5) is 15.4. The number of ether oxygens (including phenoxy) is 2. The van der Waals surface area contributed by atoms with Gasteiger partial charge in [-0.2, -0.15) is 0 Å². The molecule has 0 fully saturated rings. The Labute approximate surface area is 165 Å². The number of hydrogen-bond donors (Lipinski definition) is 2. The number of methoxy groups -OCH3 is 1. The fourth-order valence-corrected chi connectivity index (χ4v) is 3.10. The molecule has 0 unspecified atom stereocenters. The van der Waals surface area contributed by atoms with Crippen LogP contribution in [0.1, 0.15) is 27.2 Å². The Balaban J connectivity index is 2.12. The molecule has 1 aromatic heterocycles. The van der Waals surface area contributed by atoms with Crippen molar-refractivity contribution in [2.75, 3.05) is 19.0 Å². The largest absolute Gasteiger partial charge is 0.490 e. The minimum Gasteiger partial charge on any atom is -0.490 e. The van der Waals surface area contributed by atoms with Gasteiger partial charge in [0, 0.05) is 11.7 Å². The van der Waals surface area contributed by atoms with Gasteiger partial charge in [-0.3, -0.25) is 5.32 Å². The van der Waals surface area contributed by atoms with Gasteiger partial charge in [0.25, 0.3) is 0 Å². The van der Waals surface area contributed by atoms with Crippen LogP contribution in [0.3, 0.4) is 0 Å². The van der Waals surface area contributed by atoms with Crippen LogP contribution in [0.4, 0.5) is 10.6 Å². The maximum absolute atomic E-state index is 11.3. The van der Waals surface area contributed by atoms with Gasteiger partial charge in [0.15, 0.2) is 0 Å². The van der Waals surface area contributed by atoms with Crippen LogP contribution in [0.5, 0.6) is 5.75 Å². The molecule has 3 N–H and O–H groups in total. The van der Waals surface area contributed by atoms with E-state index in [-0.39, 0.29) is 0 Å². The summed E-state index contributed by atoms with van der Waals surface area (Å²) in [5, 5.41) is 3.03. The summed E-state index contributed by atoms with van der Waals surface area (Å²) >= 11 is 6.39. The number of nitrogens with zero attached hydrogens (tertiary/aromatic N) is 1. The number of benzene rings is 1. The quantitative estimate of drug-likeness (QED) is 0.712. The van der Waals surface area contributed by atoms with Crippen LogP contribution in [-0.4, -0.2) is 30.3 Å². The first kappa shape index (κ1) is 21.0. The topological polar surface area (TPSA) is 86.5 Å². The van der Waals surface area contributed by atoms with Gasteiger partial charge >= 0.3 is 6.09 Å². The number of hydrogen-bond acceptors (Lipinski definition) is 5. The number of nitrogens with one attached hydrogen (secondary N) is 1. The second-order valence-electron chi connectivity index (χ2n) is 7.23. The smallest absolute Gasteiger partial charge is 0.412 e. The second kappa shape index (κ2) is 9.06. The van der Waals surface area contributed by atoms with Gasteiger partial charge < -0.3 is 15.2 Å². The number of carbonyl (C=O) groups is 1. The Bertz CT molecular complexity index is 794. The summed E-state index contributed by atoms with van der Waals surface area (Å²) in [5.74, 6) is 1.46. The lowest BCUT2D eigenvalue weighted by Crippen LogP contribution is -2.43. The lowest BCUT2D eigenvalue weighted by molar-refractivity contribution is 0.187. The zero-order chi connectivity index (χ0) is 20.0. The Morgan fingerprint density at radius 3 is 2.63 bits per heavy atom. The van der Waals surface area contributed by atoms with Crippen LogP contribution >= 0.6 is 11.6 Å². The fraction of sp³-hybridized carbons (Fsp3) is 0.400. The number of aromatic nitrogens is 1. The molecule has 0 radical (unpaired) electrons. The van der Waals surface area contributed by atoms with E-state index >= 15 is 0 Å². The molecule has 7 heteroatoms. The van der Waals surface area contributed by atoms with Gasteiger partial charge in [-0.15, -0.1) is 0 Å². The molecule has 0 aliphatic carbocycles. The van der Waals surface area contributed by atoms with E-state index in [0.29, 0.717) is 29.1 Å². The first-order chi connectivity index (χ1) is 12.7. The molecule has 1 amide bonds. The van der Waals surface area contributed by atoms with E-state index in [2.05, 4.69) is 28.9 Å². The summed E-state index contributed by atoms with van der Waals surface area (Å²) in [6, 6.07) is 9.09. The van der Waals surface area contributed by atoms with E-state index in [1.165, 1.54) is 7.11 Å².